The molecular weight excluding hydrogens is 364 g/mol. The van der Waals surface area contributed by atoms with Crippen molar-refractivity contribution in [1.29, 1.82) is 0 Å². The van der Waals surface area contributed by atoms with E-state index >= 15 is 0 Å². The number of benzene rings is 1. The third-order valence-electron chi connectivity index (χ3n) is 4.26. The number of fused-ring (bicyclic) bond motifs is 2. The van der Waals surface area contributed by atoms with E-state index in [9.17, 15) is 0 Å². The molecule has 130 valence electrons. The molecule has 0 aliphatic rings. The van der Waals surface area contributed by atoms with Crippen molar-refractivity contribution in [3.63, 3.8) is 0 Å². The maximum atomic E-state index is 4.79. The smallest absolute Gasteiger partial charge is 0.211 e. The van der Waals surface area contributed by atoms with Gasteiger partial charge in [0.15, 0.2) is 0 Å². The highest BCUT2D eigenvalue weighted by Crippen LogP contribution is 2.33. The normalized spacial score (nSPS) is 11.8. The monoisotopic (exact) mass is 380 g/mol. The summed E-state index contributed by atoms with van der Waals surface area (Å²) < 4.78 is 6.04. The molecule has 6 nitrogen and oxygen atoms in total. The zero-order chi connectivity index (χ0) is 18.0. The van der Waals surface area contributed by atoms with Crippen LogP contribution in [0.15, 0.2) is 24.3 Å². The van der Waals surface area contributed by atoms with Crippen LogP contribution in [0.25, 0.3) is 30.7 Å². The first-order valence-corrected chi connectivity index (χ1v) is 9.89. The lowest BCUT2D eigenvalue weighted by Crippen LogP contribution is -1.97. The molecule has 0 N–H and O–H groups in total. The van der Waals surface area contributed by atoms with Gasteiger partial charge in [0.2, 0.25) is 10.3 Å². The van der Waals surface area contributed by atoms with E-state index in [0.717, 1.165) is 53.5 Å². The van der Waals surface area contributed by atoms with Gasteiger partial charge in [-0.25, -0.2) is 19.3 Å². The van der Waals surface area contributed by atoms with E-state index < -0.39 is 0 Å². The van der Waals surface area contributed by atoms with E-state index in [1.165, 1.54) is 0 Å². The fraction of sp³-hybridized carbons (Fsp3) is 0.222. The summed E-state index contributed by atoms with van der Waals surface area (Å²) in [6.07, 6.45) is 0. The molecule has 0 aliphatic carbocycles. The number of nitrogens with zero attached hydrogens (tertiary/aromatic N) is 6. The predicted octanol–water partition coefficient (Wildman–Crippen LogP) is 4.51. The van der Waals surface area contributed by atoms with Crippen LogP contribution in [0.1, 0.15) is 22.8 Å². The Hall–Kier alpha value is -2.58. The highest BCUT2D eigenvalue weighted by Gasteiger charge is 2.14. The largest absolute Gasteiger partial charge is 0.218 e. The first-order valence-electron chi connectivity index (χ1n) is 8.26. The molecule has 5 aromatic rings. The summed E-state index contributed by atoms with van der Waals surface area (Å²) in [7, 11) is 0. The zero-order valence-electron chi connectivity index (χ0n) is 14.8. The molecule has 0 atom stereocenters. The Morgan fingerprint density at radius 3 is 1.42 bits per heavy atom. The van der Waals surface area contributed by atoms with Gasteiger partial charge in [-0.3, -0.25) is 0 Å². The highest BCUT2D eigenvalue weighted by atomic mass is 32.1. The van der Waals surface area contributed by atoms with Gasteiger partial charge in [0, 0.05) is 11.4 Å². The second-order valence-electron chi connectivity index (χ2n) is 6.46. The van der Waals surface area contributed by atoms with Crippen LogP contribution in [0.3, 0.4) is 0 Å². The molecular formula is C18H16N6S2. The predicted molar refractivity (Wildman–Crippen MR) is 106 cm³/mol. The molecule has 0 spiro atoms. The van der Waals surface area contributed by atoms with Crippen molar-refractivity contribution >= 4 is 43.1 Å². The lowest BCUT2D eigenvalue weighted by Gasteiger charge is -1.96. The van der Waals surface area contributed by atoms with Crippen molar-refractivity contribution in [3.05, 3.63) is 47.0 Å². The van der Waals surface area contributed by atoms with Gasteiger partial charge in [-0.15, -0.1) is 0 Å². The Labute approximate surface area is 157 Å². The molecule has 1 aromatic carbocycles. The van der Waals surface area contributed by atoms with Gasteiger partial charge in [0.1, 0.15) is 0 Å². The summed E-state index contributed by atoms with van der Waals surface area (Å²) in [5.41, 5.74) is 6.14. The number of rotatable bonds is 2. The van der Waals surface area contributed by atoms with Crippen LogP contribution in [0.2, 0.25) is 0 Å². The number of thiazole rings is 2. The third kappa shape index (κ3) is 2.37. The van der Waals surface area contributed by atoms with E-state index in [2.05, 4.69) is 34.5 Å². The first kappa shape index (κ1) is 15.7. The van der Waals surface area contributed by atoms with Gasteiger partial charge >= 0.3 is 0 Å². The molecule has 4 heterocycles. The van der Waals surface area contributed by atoms with Crippen LogP contribution >= 0.6 is 22.7 Å². The van der Waals surface area contributed by atoms with Gasteiger partial charge in [0.25, 0.3) is 0 Å². The molecule has 0 amide bonds. The molecule has 0 saturated heterocycles. The summed E-state index contributed by atoms with van der Waals surface area (Å²) in [5.74, 6) is 0. The van der Waals surface area contributed by atoms with Crippen LogP contribution in [0.4, 0.5) is 0 Å². The number of hydrogen-bond donors (Lipinski definition) is 0. The van der Waals surface area contributed by atoms with Crippen molar-refractivity contribution < 1.29 is 0 Å². The van der Waals surface area contributed by atoms with E-state index in [4.69, 9.17) is 9.97 Å². The number of aromatic nitrogens is 6. The second-order valence-corrected chi connectivity index (χ2v) is 8.48. The first-order chi connectivity index (χ1) is 12.5. The molecule has 0 aliphatic heterocycles. The van der Waals surface area contributed by atoms with Crippen molar-refractivity contribution in [2.24, 2.45) is 0 Å². The fourth-order valence-corrected chi connectivity index (χ4v) is 5.13. The SMILES string of the molecule is Cc1cc(C)n(-c2nc3cc4sc(-n5nc(C)cc5C)nc4cc3s2)n1. The molecule has 0 radical (unpaired) electrons. The second kappa shape index (κ2) is 5.46. The van der Waals surface area contributed by atoms with Gasteiger partial charge in [-0.05, 0) is 52.0 Å². The molecule has 26 heavy (non-hydrogen) atoms. The number of hydrogen-bond acceptors (Lipinski definition) is 6. The maximum absolute atomic E-state index is 4.79. The van der Waals surface area contributed by atoms with Crippen LogP contribution in [-0.2, 0) is 0 Å². The molecule has 0 fully saturated rings. The summed E-state index contributed by atoms with van der Waals surface area (Å²) in [4.78, 5) is 9.57. The minimum atomic E-state index is 0.891. The van der Waals surface area contributed by atoms with Crippen molar-refractivity contribution in [1.82, 2.24) is 29.5 Å². The van der Waals surface area contributed by atoms with E-state index in [1.807, 2.05) is 37.1 Å². The van der Waals surface area contributed by atoms with Crippen LogP contribution in [-0.4, -0.2) is 29.5 Å². The Balaban J connectivity index is 1.65. The fourth-order valence-electron chi connectivity index (χ4n) is 3.15. The summed E-state index contributed by atoms with van der Waals surface area (Å²) in [6, 6.07) is 8.35. The summed E-state index contributed by atoms with van der Waals surface area (Å²) in [6.45, 7) is 8.09. The zero-order valence-corrected chi connectivity index (χ0v) is 16.4. The summed E-state index contributed by atoms with van der Waals surface area (Å²) >= 11 is 3.27. The Bertz CT molecular complexity index is 1140. The maximum Gasteiger partial charge on any atom is 0.211 e. The van der Waals surface area contributed by atoms with Gasteiger partial charge in [0.05, 0.1) is 31.8 Å². The van der Waals surface area contributed by atoms with Crippen LogP contribution in [0.5, 0.6) is 0 Å². The topological polar surface area (TPSA) is 61.4 Å². The quantitative estimate of drug-likeness (QED) is 0.452. The van der Waals surface area contributed by atoms with Gasteiger partial charge < -0.3 is 0 Å². The highest BCUT2D eigenvalue weighted by molar-refractivity contribution is 7.22. The van der Waals surface area contributed by atoms with Gasteiger partial charge in [-0.1, -0.05) is 22.7 Å². The minimum Gasteiger partial charge on any atom is -0.218 e. The van der Waals surface area contributed by atoms with Crippen LogP contribution in [0, 0.1) is 27.7 Å². The molecule has 0 unspecified atom stereocenters. The lowest BCUT2D eigenvalue weighted by atomic mass is 10.3. The molecule has 4 aromatic heterocycles. The molecule has 5 rings (SSSR count). The average Bonchev–Trinajstić information content (AvgIpc) is 3.30. The Morgan fingerprint density at radius 2 is 1.08 bits per heavy atom. The number of aryl methyl sites for hydroxylation is 4. The average molecular weight is 381 g/mol. The van der Waals surface area contributed by atoms with E-state index in [0.29, 0.717) is 0 Å². The van der Waals surface area contributed by atoms with E-state index in [1.54, 1.807) is 22.7 Å². The van der Waals surface area contributed by atoms with Crippen molar-refractivity contribution in [3.8, 4) is 10.3 Å². The molecule has 0 saturated carbocycles. The summed E-state index contributed by atoms with van der Waals surface area (Å²) in [5, 5.41) is 10.9. The minimum absolute atomic E-state index is 0.891. The van der Waals surface area contributed by atoms with Crippen LogP contribution < -0.4 is 0 Å². The lowest BCUT2D eigenvalue weighted by molar-refractivity contribution is 0.827. The third-order valence-corrected chi connectivity index (χ3v) is 6.24. The van der Waals surface area contributed by atoms with Crippen molar-refractivity contribution in [2.75, 3.05) is 0 Å². The molecule has 0 bridgehead atoms. The Morgan fingerprint density at radius 1 is 0.654 bits per heavy atom. The van der Waals surface area contributed by atoms with Gasteiger partial charge in [-0.2, -0.15) is 10.2 Å². The van der Waals surface area contributed by atoms with Crippen molar-refractivity contribution in [2.45, 2.75) is 27.7 Å². The standard InChI is InChI=1S/C18H16N6S2/c1-9-5-11(3)23(21-9)17-19-13-7-16-14(8-15(13)25-17)20-18(26-16)24-12(4)6-10(2)22-24/h5-8H,1-4H3. The molecule has 8 heteroatoms. The Kier molecular flexibility index (Phi) is 3.29. The van der Waals surface area contributed by atoms with E-state index in [-0.39, 0.29) is 0 Å².